The number of nitrogens with two attached hydrogens (primary N) is 1. The average molecular weight is 194 g/mol. The first-order valence-electron chi connectivity index (χ1n) is 5.02. The van der Waals surface area contributed by atoms with Crippen LogP contribution in [0.2, 0.25) is 0 Å². The molecule has 3 nitrogen and oxygen atoms in total. The van der Waals surface area contributed by atoms with Crippen molar-refractivity contribution in [1.29, 1.82) is 0 Å². The first-order chi connectivity index (χ1) is 6.61. The van der Waals surface area contributed by atoms with Gasteiger partial charge in [0.05, 0.1) is 0 Å². The number of hydrogen-bond acceptors (Lipinski definition) is 2. The van der Waals surface area contributed by atoms with Crippen LogP contribution in [0.1, 0.15) is 37.4 Å². The van der Waals surface area contributed by atoms with E-state index in [2.05, 4.69) is 6.92 Å². The van der Waals surface area contributed by atoms with Gasteiger partial charge < -0.3 is 10.3 Å². The van der Waals surface area contributed by atoms with Gasteiger partial charge in [0.15, 0.2) is 0 Å². The van der Waals surface area contributed by atoms with Crippen LogP contribution < -0.4 is 11.3 Å². The fourth-order valence-electron chi connectivity index (χ4n) is 1.48. The molecule has 0 saturated carbocycles. The van der Waals surface area contributed by atoms with E-state index in [1.54, 1.807) is 4.57 Å². The van der Waals surface area contributed by atoms with E-state index in [9.17, 15) is 4.79 Å². The molecule has 0 aliphatic heterocycles. The summed E-state index contributed by atoms with van der Waals surface area (Å²) in [6.07, 6.45) is 2.80. The fourth-order valence-corrected chi connectivity index (χ4v) is 1.48. The van der Waals surface area contributed by atoms with Crippen LogP contribution in [0.5, 0.6) is 0 Å². The SMILES string of the molecule is CCC(C)n1ccc(C)c(CN)c1=O. The summed E-state index contributed by atoms with van der Waals surface area (Å²) in [6.45, 7) is 6.35. The molecule has 14 heavy (non-hydrogen) atoms. The lowest BCUT2D eigenvalue weighted by Crippen LogP contribution is -2.27. The lowest BCUT2D eigenvalue weighted by Gasteiger charge is -2.14. The Balaban J connectivity index is 3.28. The lowest BCUT2D eigenvalue weighted by atomic mass is 10.1. The molecule has 0 bridgehead atoms. The standard InChI is InChI=1S/C11H18N2O/c1-4-9(3)13-6-5-8(2)10(7-12)11(13)14/h5-6,9H,4,7,12H2,1-3H3. The smallest absolute Gasteiger partial charge is 0.255 e. The van der Waals surface area contributed by atoms with Crippen molar-refractivity contribution < 1.29 is 0 Å². The molecule has 1 aromatic rings. The highest BCUT2D eigenvalue weighted by atomic mass is 16.1. The van der Waals surface area contributed by atoms with Gasteiger partial charge in [-0.1, -0.05) is 6.92 Å². The van der Waals surface area contributed by atoms with Crippen molar-refractivity contribution in [2.24, 2.45) is 5.73 Å². The number of nitrogens with zero attached hydrogens (tertiary/aromatic N) is 1. The zero-order valence-electron chi connectivity index (χ0n) is 9.08. The van der Waals surface area contributed by atoms with Crippen LogP contribution in [0.4, 0.5) is 0 Å². The van der Waals surface area contributed by atoms with Crippen LogP contribution in [0.3, 0.4) is 0 Å². The summed E-state index contributed by atoms with van der Waals surface area (Å²) >= 11 is 0. The molecule has 1 aromatic heterocycles. The van der Waals surface area contributed by atoms with Crippen molar-refractivity contribution in [2.45, 2.75) is 39.8 Å². The molecule has 0 aliphatic carbocycles. The molecular formula is C11H18N2O. The van der Waals surface area contributed by atoms with Crippen LogP contribution in [0, 0.1) is 6.92 Å². The Hall–Kier alpha value is -1.09. The molecule has 1 atom stereocenters. The van der Waals surface area contributed by atoms with Gasteiger partial charge in [-0.2, -0.15) is 0 Å². The van der Waals surface area contributed by atoms with Crippen LogP contribution >= 0.6 is 0 Å². The Morgan fingerprint density at radius 1 is 1.57 bits per heavy atom. The molecule has 1 rings (SSSR count). The van der Waals surface area contributed by atoms with E-state index in [4.69, 9.17) is 5.73 Å². The molecule has 1 unspecified atom stereocenters. The van der Waals surface area contributed by atoms with Crippen molar-refractivity contribution in [3.8, 4) is 0 Å². The highest BCUT2D eigenvalue weighted by molar-refractivity contribution is 5.22. The highest BCUT2D eigenvalue weighted by Crippen LogP contribution is 2.09. The first kappa shape index (κ1) is 11.0. The van der Waals surface area contributed by atoms with Crippen molar-refractivity contribution in [3.63, 3.8) is 0 Å². The molecule has 78 valence electrons. The normalized spacial score (nSPS) is 12.9. The second-order valence-electron chi connectivity index (χ2n) is 3.65. The van der Waals surface area contributed by atoms with Crippen molar-refractivity contribution in [3.05, 3.63) is 33.7 Å². The molecule has 1 heterocycles. The van der Waals surface area contributed by atoms with Crippen molar-refractivity contribution in [2.75, 3.05) is 0 Å². The molecule has 0 spiro atoms. The minimum Gasteiger partial charge on any atom is -0.326 e. The third-order valence-corrected chi connectivity index (χ3v) is 2.72. The summed E-state index contributed by atoms with van der Waals surface area (Å²) in [6, 6.07) is 2.20. The Morgan fingerprint density at radius 3 is 2.71 bits per heavy atom. The van der Waals surface area contributed by atoms with Crippen LogP contribution in [-0.4, -0.2) is 4.57 Å². The summed E-state index contributed by atoms with van der Waals surface area (Å²) in [5, 5.41) is 0. The van der Waals surface area contributed by atoms with Gasteiger partial charge in [-0.05, 0) is 31.9 Å². The maximum Gasteiger partial charge on any atom is 0.255 e. The largest absolute Gasteiger partial charge is 0.326 e. The monoisotopic (exact) mass is 194 g/mol. The fraction of sp³-hybridized carbons (Fsp3) is 0.545. The third kappa shape index (κ3) is 1.87. The van der Waals surface area contributed by atoms with Gasteiger partial charge >= 0.3 is 0 Å². The van der Waals surface area contributed by atoms with Crippen LogP contribution in [0.15, 0.2) is 17.1 Å². The predicted octanol–water partition coefficient (Wildman–Crippen LogP) is 1.59. The highest BCUT2D eigenvalue weighted by Gasteiger charge is 2.08. The Bertz CT molecular complexity index is 368. The molecular weight excluding hydrogens is 176 g/mol. The summed E-state index contributed by atoms with van der Waals surface area (Å²) in [5.41, 5.74) is 7.32. The van der Waals surface area contributed by atoms with E-state index in [0.717, 1.165) is 17.5 Å². The van der Waals surface area contributed by atoms with Crippen LogP contribution in [-0.2, 0) is 6.54 Å². The van der Waals surface area contributed by atoms with Crippen LogP contribution in [0.25, 0.3) is 0 Å². The molecule has 0 fully saturated rings. The second kappa shape index (κ2) is 4.42. The quantitative estimate of drug-likeness (QED) is 0.794. The average Bonchev–Trinajstić information content (AvgIpc) is 2.18. The Kier molecular flexibility index (Phi) is 3.47. The minimum absolute atomic E-state index is 0.0573. The van der Waals surface area contributed by atoms with Gasteiger partial charge in [0.1, 0.15) is 0 Å². The minimum atomic E-state index is 0.0573. The molecule has 2 N–H and O–H groups in total. The number of hydrogen-bond donors (Lipinski definition) is 1. The number of aryl methyl sites for hydroxylation is 1. The molecule has 0 radical (unpaired) electrons. The predicted molar refractivity (Wildman–Crippen MR) is 58.3 cm³/mol. The van der Waals surface area contributed by atoms with Gasteiger partial charge in [0.2, 0.25) is 0 Å². The van der Waals surface area contributed by atoms with E-state index in [0.29, 0.717) is 6.54 Å². The van der Waals surface area contributed by atoms with E-state index in [1.807, 2.05) is 26.1 Å². The van der Waals surface area contributed by atoms with E-state index < -0.39 is 0 Å². The van der Waals surface area contributed by atoms with E-state index in [-0.39, 0.29) is 11.6 Å². The Morgan fingerprint density at radius 2 is 2.21 bits per heavy atom. The summed E-state index contributed by atoms with van der Waals surface area (Å²) in [4.78, 5) is 11.9. The zero-order chi connectivity index (χ0) is 10.7. The van der Waals surface area contributed by atoms with Gasteiger partial charge in [-0.25, -0.2) is 0 Å². The molecule has 0 aliphatic rings. The van der Waals surface area contributed by atoms with Gasteiger partial charge in [-0.15, -0.1) is 0 Å². The number of pyridine rings is 1. The number of aromatic nitrogens is 1. The van der Waals surface area contributed by atoms with Crippen molar-refractivity contribution >= 4 is 0 Å². The zero-order valence-corrected chi connectivity index (χ0v) is 9.08. The summed E-state index contributed by atoms with van der Waals surface area (Å²) < 4.78 is 1.76. The number of rotatable bonds is 3. The molecule has 3 heteroatoms. The van der Waals surface area contributed by atoms with E-state index in [1.165, 1.54) is 0 Å². The molecule has 0 amide bonds. The second-order valence-corrected chi connectivity index (χ2v) is 3.65. The molecule has 0 saturated heterocycles. The van der Waals surface area contributed by atoms with Gasteiger partial charge in [0, 0.05) is 24.3 Å². The lowest BCUT2D eigenvalue weighted by molar-refractivity contribution is 0.510. The third-order valence-electron chi connectivity index (χ3n) is 2.72. The first-order valence-corrected chi connectivity index (χ1v) is 5.02. The maximum absolute atomic E-state index is 11.9. The maximum atomic E-state index is 11.9. The van der Waals surface area contributed by atoms with Gasteiger partial charge in [0.25, 0.3) is 5.56 Å². The van der Waals surface area contributed by atoms with Crippen molar-refractivity contribution in [1.82, 2.24) is 4.57 Å². The molecule has 0 aromatic carbocycles. The Labute approximate surface area is 84.6 Å². The van der Waals surface area contributed by atoms with Gasteiger partial charge in [-0.3, -0.25) is 4.79 Å². The summed E-state index contributed by atoms with van der Waals surface area (Å²) in [7, 11) is 0. The topological polar surface area (TPSA) is 48.0 Å². The summed E-state index contributed by atoms with van der Waals surface area (Å²) in [5.74, 6) is 0. The van der Waals surface area contributed by atoms with E-state index >= 15 is 0 Å².